The molecule has 0 amide bonds. The van der Waals surface area contributed by atoms with E-state index in [1.807, 2.05) is 18.2 Å². The first kappa shape index (κ1) is 12.6. The molecule has 2 aromatic carbocycles. The van der Waals surface area contributed by atoms with Gasteiger partial charge in [0, 0.05) is 18.3 Å². The van der Waals surface area contributed by atoms with Crippen LogP contribution in [0.5, 0.6) is 0 Å². The molecule has 3 N–H and O–H groups in total. The zero-order chi connectivity index (χ0) is 13.0. The Morgan fingerprint density at radius 3 is 2.56 bits per heavy atom. The fourth-order valence-electron chi connectivity index (χ4n) is 1.93. The number of hydrogen-bond acceptors (Lipinski definition) is 2. The van der Waals surface area contributed by atoms with Crippen molar-refractivity contribution < 1.29 is 4.39 Å². The van der Waals surface area contributed by atoms with E-state index in [9.17, 15) is 4.39 Å². The number of hydrogen-bond donors (Lipinski definition) is 2. The SMILES string of the molecule is CC(Nc1ccc(F)cc1CN)c1ccccc1. The van der Waals surface area contributed by atoms with Crippen LogP contribution in [0.1, 0.15) is 24.1 Å². The summed E-state index contributed by atoms with van der Waals surface area (Å²) < 4.78 is 13.1. The Morgan fingerprint density at radius 2 is 1.89 bits per heavy atom. The number of halogens is 1. The number of nitrogens with two attached hydrogens (primary N) is 1. The second kappa shape index (κ2) is 5.65. The lowest BCUT2D eigenvalue weighted by Crippen LogP contribution is -2.10. The molecule has 2 rings (SSSR count). The predicted octanol–water partition coefficient (Wildman–Crippen LogP) is 3.46. The summed E-state index contributed by atoms with van der Waals surface area (Å²) >= 11 is 0. The van der Waals surface area contributed by atoms with Gasteiger partial charge in [-0.15, -0.1) is 0 Å². The van der Waals surface area contributed by atoms with Gasteiger partial charge in [0.2, 0.25) is 0 Å². The molecule has 0 heterocycles. The van der Waals surface area contributed by atoms with Crippen LogP contribution >= 0.6 is 0 Å². The fraction of sp³-hybridized carbons (Fsp3) is 0.200. The van der Waals surface area contributed by atoms with Crippen molar-refractivity contribution in [3.63, 3.8) is 0 Å². The van der Waals surface area contributed by atoms with Crippen LogP contribution in [-0.2, 0) is 6.54 Å². The largest absolute Gasteiger partial charge is 0.378 e. The fourth-order valence-corrected chi connectivity index (χ4v) is 1.93. The van der Waals surface area contributed by atoms with Gasteiger partial charge in [0.05, 0.1) is 0 Å². The molecule has 0 spiro atoms. The van der Waals surface area contributed by atoms with Crippen LogP contribution in [0.15, 0.2) is 48.5 Å². The quantitative estimate of drug-likeness (QED) is 0.864. The maximum Gasteiger partial charge on any atom is 0.123 e. The lowest BCUT2D eigenvalue weighted by molar-refractivity contribution is 0.625. The third-order valence-corrected chi connectivity index (χ3v) is 2.96. The molecule has 0 aliphatic carbocycles. The summed E-state index contributed by atoms with van der Waals surface area (Å²) in [5.74, 6) is -0.256. The van der Waals surface area contributed by atoms with E-state index in [-0.39, 0.29) is 11.9 Å². The summed E-state index contributed by atoms with van der Waals surface area (Å²) in [6.07, 6.45) is 0. The number of benzene rings is 2. The summed E-state index contributed by atoms with van der Waals surface area (Å²) in [6, 6.07) is 14.9. The summed E-state index contributed by atoms with van der Waals surface area (Å²) in [5.41, 5.74) is 8.49. The van der Waals surface area contributed by atoms with E-state index in [1.54, 1.807) is 6.07 Å². The molecule has 18 heavy (non-hydrogen) atoms. The highest BCUT2D eigenvalue weighted by atomic mass is 19.1. The first-order valence-electron chi connectivity index (χ1n) is 6.00. The van der Waals surface area contributed by atoms with E-state index in [4.69, 9.17) is 5.73 Å². The van der Waals surface area contributed by atoms with E-state index >= 15 is 0 Å². The van der Waals surface area contributed by atoms with Gasteiger partial charge in [-0.2, -0.15) is 0 Å². The van der Waals surface area contributed by atoms with Crippen LogP contribution in [-0.4, -0.2) is 0 Å². The minimum absolute atomic E-state index is 0.155. The first-order valence-corrected chi connectivity index (χ1v) is 6.00. The van der Waals surface area contributed by atoms with Crippen molar-refractivity contribution in [1.82, 2.24) is 0 Å². The van der Waals surface area contributed by atoms with Crippen molar-refractivity contribution in [2.75, 3.05) is 5.32 Å². The van der Waals surface area contributed by atoms with Crippen molar-refractivity contribution in [2.45, 2.75) is 19.5 Å². The monoisotopic (exact) mass is 244 g/mol. The van der Waals surface area contributed by atoms with Crippen LogP contribution in [0.2, 0.25) is 0 Å². The molecule has 0 fully saturated rings. The lowest BCUT2D eigenvalue weighted by atomic mass is 10.1. The molecule has 3 heteroatoms. The number of rotatable bonds is 4. The zero-order valence-corrected chi connectivity index (χ0v) is 10.4. The van der Waals surface area contributed by atoms with E-state index < -0.39 is 0 Å². The van der Waals surface area contributed by atoms with Gasteiger partial charge in [-0.05, 0) is 36.2 Å². The molecule has 0 saturated heterocycles. The topological polar surface area (TPSA) is 38.0 Å². The summed E-state index contributed by atoms with van der Waals surface area (Å²) in [5, 5.41) is 3.36. The molecular weight excluding hydrogens is 227 g/mol. The van der Waals surface area contributed by atoms with Crippen molar-refractivity contribution in [3.8, 4) is 0 Å². The van der Waals surface area contributed by atoms with Gasteiger partial charge in [0.15, 0.2) is 0 Å². The van der Waals surface area contributed by atoms with Crippen molar-refractivity contribution in [1.29, 1.82) is 0 Å². The number of anilines is 1. The highest BCUT2D eigenvalue weighted by Crippen LogP contribution is 2.22. The van der Waals surface area contributed by atoms with Gasteiger partial charge >= 0.3 is 0 Å². The molecule has 1 unspecified atom stereocenters. The average molecular weight is 244 g/mol. The average Bonchev–Trinajstić information content (AvgIpc) is 2.41. The molecule has 1 atom stereocenters. The molecule has 2 aromatic rings. The molecule has 94 valence electrons. The standard InChI is InChI=1S/C15H17FN2/c1-11(12-5-3-2-4-6-12)18-15-8-7-14(16)9-13(15)10-17/h2-9,11,18H,10,17H2,1H3. The van der Waals surface area contributed by atoms with E-state index in [0.29, 0.717) is 6.54 Å². The highest BCUT2D eigenvalue weighted by Gasteiger charge is 2.08. The van der Waals surface area contributed by atoms with Gasteiger partial charge in [-0.3, -0.25) is 0 Å². The van der Waals surface area contributed by atoms with Crippen molar-refractivity contribution in [2.24, 2.45) is 5.73 Å². The minimum Gasteiger partial charge on any atom is -0.378 e. The Labute approximate surface area is 107 Å². The van der Waals surface area contributed by atoms with Crippen LogP contribution in [0.25, 0.3) is 0 Å². The van der Waals surface area contributed by atoms with Gasteiger partial charge in [0.25, 0.3) is 0 Å². The van der Waals surface area contributed by atoms with Crippen LogP contribution in [0.4, 0.5) is 10.1 Å². The van der Waals surface area contributed by atoms with E-state index in [0.717, 1.165) is 11.3 Å². The third kappa shape index (κ3) is 2.87. The predicted molar refractivity (Wildman–Crippen MR) is 72.8 cm³/mol. The Hall–Kier alpha value is -1.87. The summed E-state index contributed by atoms with van der Waals surface area (Å²) in [7, 11) is 0. The molecule has 0 aromatic heterocycles. The Kier molecular flexibility index (Phi) is 3.95. The maximum atomic E-state index is 13.1. The Bertz CT molecular complexity index is 511. The molecule has 0 aliphatic rings. The van der Waals surface area contributed by atoms with E-state index in [1.165, 1.54) is 17.7 Å². The molecule has 0 saturated carbocycles. The lowest BCUT2D eigenvalue weighted by Gasteiger charge is -2.18. The normalized spacial score (nSPS) is 12.2. The van der Waals surface area contributed by atoms with Crippen LogP contribution in [0.3, 0.4) is 0 Å². The van der Waals surface area contributed by atoms with Crippen molar-refractivity contribution in [3.05, 3.63) is 65.5 Å². The minimum atomic E-state index is -0.256. The second-order valence-electron chi connectivity index (χ2n) is 4.28. The Balaban J connectivity index is 2.19. The second-order valence-corrected chi connectivity index (χ2v) is 4.28. The van der Waals surface area contributed by atoms with E-state index in [2.05, 4.69) is 24.4 Å². The molecule has 0 radical (unpaired) electrons. The first-order chi connectivity index (χ1) is 8.70. The zero-order valence-electron chi connectivity index (χ0n) is 10.4. The van der Waals surface area contributed by atoms with Gasteiger partial charge in [0.1, 0.15) is 5.82 Å². The maximum absolute atomic E-state index is 13.1. The van der Waals surface area contributed by atoms with Gasteiger partial charge in [-0.1, -0.05) is 30.3 Å². The molecule has 0 aliphatic heterocycles. The third-order valence-electron chi connectivity index (χ3n) is 2.96. The highest BCUT2D eigenvalue weighted by molar-refractivity contribution is 5.52. The molecular formula is C15H17FN2. The van der Waals surface area contributed by atoms with Crippen LogP contribution < -0.4 is 11.1 Å². The Morgan fingerprint density at radius 1 is 1.17 bits per heavy atom. The van der Waals surface area contributed by atoms with Gasteiger partial charge in [-0.25, -0.2) is 4.39 Å². The molecule has 0 bridgehead atoms. The van der Waals surface area contributed by atoms with Crippen LogP contribution in [0, 0.1) is 5.82 Å². The summed E-state index contributed by atoms with van der Waals surface area (Å²) in [4.78, 5) is 0. The van der Waals surface area contributed by atoms with Gasteiger partial charge < -0.3 is 11.1 Å². The smallest absolute Gasteiger partial charge is 0.123 e. The molecule has 2 nitrogen and oxygen atoms in total. The number of nitrogens with one attached hydrogen (secondary N) is 1. The van der Waals surface area contributed by atoms with Crippen molar-refractivity contribution >= 4 is 5.69 Å². The summed E-state index contributed by atoms with van der Waals surface area (Å²) in [6.45, 7) is 2.39.